The van der Waals surface area contributed by atoms with Crippen LogP contribution in [0.3, 0.4) is 0 Å². The van der Waals surface area contributed by atoms with Crippen molar-refractivity contribution < 1.29 is 4.74 Å². The van der Waals surface area contributed by atoms with Crippen LogP contribution in [0.5, 0.6) is 0 Å². The molecule has 0 bridgehead atoms. The fourth-order valence-electron chi connectivity index (χ4n) is 3.33. The lowest BCUT2D eigenvalue weighted by atomic mass is 9.86. The molecule has 1 saturated heterocycles. The Kier molecular flexibility index (Phi) is 10.5. The largest absolute Gasteiger partial charge is 0.378 e. The first kappa shape index (κ1) is 17.0. The number of rotatable bonds is 11. The Bertz CT molecular complexity index is 190. The average molecular weight is 268 g/mol. The molecule has 2 unspecified atom stereocenters. The summed E-state index contributed by atoms with van der Waals surface area (Å²) in [7, 11) is 0. The highest BCUT2D eigenvalue weighted by Gasteiger charge is 2.24. The van der Waals surface area contributed by atoms with Crippen molar-refractivity contribution in [2.75, 3.05) is 6.61 Å². The molecule has 1 fully saturated rings. The fourth-order valence-corrected chi connectivity index (χ4v) is 3.33. The molecular weight excluding hydrogens is 232 g/mol. The molecule has 0 aromatic carbocycles. The van der Waals surface area contributed by atoms with Crippen LogP contribution in [0.2, 0.25) is 0 Å². The minimum atomic E-state index is 0.593. The summed E-state index contributed by atoms with van der Waals surface area (Å²) in [4.78, 5) is 0. The molecule has 1 aliphatic rings. The van der Waals surface area contributed by atoms with Gasteiger partial charge in [0, 0.05) is 6.61 Å². The van der Waals surface area contributed by atoms with Gasteiger partial charge in [-0.05, 0) is 31.6 Å². The van der Waals surface area contributed by atoms with Gasteiger partial charge in [0.2, 0.25) is 0 Å². The predicted octanol–water partition coefficient (Wildman–Crippen LogP) is 6.11. The summed E-state index contributed by atoms with van der Waals surface area (Å²) < 4.78 is 6.03. The molecule has 1 aliphatic heterocycles. The summed E-state index contributed by atoms with van der Waals surface area (Å²) in [6.07, 6.45) is 18.7. The molecule has 0 aromatic heterocycles. The molecule has 0 amide bonds. The fraction of sp³-hybridized carbons (Fsp3) is 1.00. The van der Waals surface area contributed by atoms with Crippen LogP contribution in [0.25, 0.3) is 0 Å². The normalized spacial score (nSPS) is 23.7. The molecule has 0 aromatic rings. The van der Waals surface area contributed by atoms with E-state index in [4.69, 9.17) is 4.74 Å². The monoisotopic (exact) mass is 268 g/mol. The maximum absolute atomic E-state index is 6.03. The maximum Gasteiger partial charge on any atom is 0.0603 e. The first-order chi connectivity index (χ1) is 9.38. The molecule has 0 radical (unpaired) electrons. The summed E-state index contributed by atoms with van der Waals surface area (Å²) in [6.45, 7) is 5.60. The number of hydrogen-bond acceptors (Lipinski definition) is 1. The topological polar surface area (TPSA) is 9.23 Å². The third-order valence-corrected chi connectivity index (χ3v) is 4.60. The van der Waals surface area contributed by atoms with Gasteiger partial charge in [-0.1, -0.05) is 71.6 Å². The molecule has 2 atom stereocenters. The van der Waals surface area contributed by atoms with Crippen molar-refractivity contribution in [3.05, 3.63) is 0 Å². The van der Waals surface area contributed by atoms with E-state index in [1.807, 2.05) is 0 Å². The molecule has 1 rings (SSSR count). The van der Waals surface area contributed by atoms with Crippen LogP contribution < -0.4 is 0 Å². The zero-order chi connectivity index (χ0) is 13.8. The molecule has 0 N–H and O–H groups in total. The summed E-state index contributed by atoms with van der Waals surface area (Å²) >= 11 is 0. The van der Waals surface area contributed by atoms with Crippen LogP contribution >= 0.6 is 0 Å². The van der Waals surface area contributed by atoms with Crippen molar-refractivity contribution in [2.24, 2.45) is 5.92 Å². The Morgan fingerprint density at radius 3 is 2.21 bits per heavy atom. The lowest BCUT2D eigenvalue weighted by molar-refractivity contribution is -0.0351. The Morgan fingerprint density at radius 2 is 1.42 bits per heavy atom. The van der Waals surface area contributed by atoms with Gasteiger partial charge < -0.3 is 4.74 Å². The highest BCUT2D eigenvalue weighted by Crippen LogP contribution is 2.29. The zero-order valence-corrected chi connectivity index (χ0v) is 13.5. The molecular formula is C18H36O. The molecule has 19 heavy (non-hydrogen) atoms. The van der Waals surface area contributed by atoms with E-state index in [-0.39, 0.29) is 0 Å². The molecule has 0 saturated carbocycles. The Labute approximate surface area is 121 Å². The van der Waals surface area contributed by atoms with Gasteiger partial charge in [0.25, 0.3) is 0 Å². The van der Waals surface area contributed by atoms with E-state index in [2.05, 4.69) is 13.8 Å². The van der Waals surface area contributed by atoms with Crippen molar-refractivity contribution in [2.45, 2.75) is 103 Å². The SMILES string of the molecule is CCCCCCCCC1CCCOC1CCCCC. The van der Waals surface area contributed by atoms with Crippen LogP contribution in [0.1, 0.15) is 97.3 Å². The molecule has 0 aliphatic carbocycles. The Morgan fingerprint density at radius 1 is 0.789 bits per heavy atom. The second-order valence-corrected chi connectivity index (χ2v) is 6.36. The van der Waals surface area contributed by atoms with Crippen LogP contribution in [-0.4, -0.2) is 12.7 Å². The van der Waals surface area contributed by atoms with E-state index in [9.17, 15) is 0 Å². The standard InChI is InChI=1S/C18H36O/c1-3-5-7-8-9-11-13-17-14-12-16-19-18(17)15-10-6-4-2/h17-18H,3-16H2,1-2H3. The lowest BCUT2D eigenvalue weighted by Crippen LogP contribution is -2.29. The minimum absolute atomic E-state index is 0.593. The summed E-state index contributed by atoms with van der Waals surface area (Å²) in [6, 6.07) is 0. The van der Waals surface area contributed by atoms with Gasteiger partial charge in [-0.3, -0.25) is 0 Å². The molecule has 0 spiro atoms. The third kappa shape index (κ3) is 7.97. The third-order valence-electron chi connectivity index (χ3n) is 4.60. The smallest absolute Gasteiger partial charge is 0.0603 e. The van der Waals surface area contributed by atoms with Crippen molar-refractivity contribution >= 4 is 0 Å². The van der Waals surface area contributed by atoms with Crippen molar-refractivity contribution in [3.8, 4) is 0 Å². The first-order valence-corrected chi connectivity index (χ1v) is 9.00. The van der Waals surface area contributed by atoms with E-state index in [0.29, 0.717) is 6.10 Å². The van der Waals surface area contributed by atoms with E-state index < -0.39 is 0 Å². The van der Waals surface area contributed by atoms with Crippen LogP contribution in [0, 0.1) is 5.92 Å². The van der Waals surface area contributed by atoms with Crippen LogP contribution in [0.15, 0.2) is 0 Å². The van der Waals surface area contributed by atoms with Crippen molar-refractivity contribution in [3.63, 3.8) is 0 Å². The molecule has 1 heteroatoms. The molecule has 1 heterocycles. The zero-order valence-electron chi connectivity index (χ0n) is 13.5. The Balaban J connectivity index is 2.09. The summed E-state index contributed by atoms with van der Waals surface area (Å²) in [5.41, 5.74) is 0. The van der Waals surface area contributed by atoms with Gasteiger partial charge in [-0.2, -0.15) is 0 Å². The quantitative estimate of drug-likeness (QED) is 0.411. The van der Waals surface area contributed by atoms with E-state index in [0.717, 1.165) is 12.5 Å². The van der Waals surface area contributed by atoms with Gasteiger partial charge in [-0.15, -0.1) is 0 Å². The highest BCUT2D eigenvalue weighted by molar-refractivity contribution is 4.74. The van der Waals surface area contributed by atoms with Crippen LogP contribution in [-0.2, 0) is 4.74 Å². The number of unbranched alkanes of at least 4 members (excludes halogenated alkanes) is 7. The minimum Gasteiger partial charge on any atom is -0.378 e. The van der Waals surface area contributed by atoms with Crippen LogP contribution in [0.4, 0.5) is 0 Å². The van der Waals surface area contributed by atoms with E-state index in [1.165, 1.54) is 83.5 Å². The summed E-state index contributed by atoms with van der Waals surface area (Å²) in [5.74, 6) is 0.872. The van der Waals surface area contributed by atoms with Gasteiger partial charge >= 0.3 is 0 Å². The van der Waals surface area contributed by atoms with Gasteiger partial charge in [-0.25, -0.2) is 0 Å². The second-order valence-electron chi connectivity index (χ2n) is 6.36. The van der Waals surface area contributed by atoms with Gasteiger partial charge in [0.05, 0.1) is 6.10 Å². The molecule has 1 nitrogen and oxygen atoms in total. The number of hydrogen-bond donors (Lipinski definition) is 0. The van der Waals surface area contributed by atoms with Crippen molar-refractivity contribution in [1.82, 2.24) is 0 Å². The molecule has 114 valence electrons. The number of ether oxygens (including phenoxy) is 1. The van der Waals surface area contributed by atoms with E-state index in [1.54, 1.807) is 0 Å². The second kappa shape index (κ2) is 11.8. The van der Waals surface area contributed by atoms with Crippen molar-refractivity contribution in [1.29, 1.82) is 0 Å². The first-order valence-electron chi connectivity index (χ1n) is 9.00. The lowest BCUT2D eigenvalue weighted by Gasteiger charge is -2.32. The van der Waals surface area contributed by atoms with Gasteiger partial charge in [0.15, 0.2) is 0 Å². The van der Waals surface area contributed by atoms with Gasteiger partial charge in [0.1, 0.15) is 0 Å². The Hall–Kier alpha value is -0.0400. The predicted molar refractivity (Wildman–Crippen MR) is 84.6 cm³/mol. The van der Waals surface area contributed by atoms with E-state index >= 15 is 0 Å². The highest BCUT2D eigenvalue weighted by atomic mass is 16.5. The maximum atomic E-state index is 6.03. The average Bonchev–Trinajstić information content (AvgIpc) is 2.44. The summed E-state index contributed by atoms with van der Waals surface area (Å²) in [5, 5.41) is 0.